The third kappa shape index (κ3) is 2.46. The van der Waals surface area contributed by atoms with Crippen LogP contribution in [-0.4, -0.2) is 54.3 Å². The smallest absolute Gasteiger partial charge is 0.166 e. The van der Waals surface area contributed by atoms with Crippen molar-refractivity contribution in [1.29, 1.82) is 0 Å². The molecular formula is C18H23N3O. The summed E-state index contributed by atoms with van der Waals surface area (Å²) in [5.74, 6) is 0.823. The largest absolute Gasteiger partial charge is 0.352 e. The zero-order valence-corrected chi connectivity index (χ0v) is 13.1. The van der Waals surface area contributed by atoms with Gasteiger partial charge >= 0.3 is 0 Å². The highest BCUT2D eigenvalue weighted by molar-refractivity contribution is 5.90. The van der Waals surface area contributed by atoms with Crippen LogP contribution >= 0.6 is 0 Å². The van der Waals surface area contributed by atoms with E-state index in [-0.39, 0.29) is 0 Å². The third-order valence-electron chi connectivity index (χ3n) is 5.24. The maximum absolute atomic E-state index is 11.0. The summed E-state index contributed by atoms with van der Waals surface area (Å²) in [6.45, 7) is 5.88. The fourth-order valence-corrected chi connectivity index (χ4v) is 4.12. The molecule has 116 valence electrons. The molecule has 1 unspecified atom stereocenters. The molecule has 4 nitrogen and oxygen atoms in total. The van der Waals surface area contributed by atoms with Gasteiger partial charge in [0.15, 0.2) is 6.29 Å². The second-order valence-corrected chi connectivity index (χ2v) is 6.91. The van der Waals surface area contributed by atoms with E-state index in [4.69, 9.17) is 0 Å². The number of likely N-dealkylation sites (tertiary alicyclic amines) is 1. The predicted molar refractivity (Wildman–Crippen MR) is 88.3 cm³/mol. The number of hydrogen-bond acceptors (Lipinski definition) is 3. The van der Waals surface area contributed by atoms with E-state index in [1.807, 2.05) is 6.07 Å². The Morgan fingerprint density at radius 3 is 3.05 bits per heavy atom. The third-order valence-corrected chi connectivity index (χ3v) is 5.24. The Bertz CT molecular complexity index is 706. The van der Waals surface area contributed by atoms with E-state index in [0.29, 0.717) is 5.69 Å². The minimum absolute atomic E-state index is 0.680. The maximum Gasteiger partial charge on any atom is 0.166 e. The molecule has 0 aliphatic carbocycles. The van der Waals surface area contributed by atoms with Crippen molar-refractivity contribution in [2.45, 2.75) is 19.4 Å². The predicted octanol–water partition coefficient (Wildman–Crippen LogP) is 2.29. The van der Waals surface area contributed by atoms with Crippen LogP contribution in [0.1, 0.15) is 28.0 Å². The quantitative estimate of drug-likeness (QED) is 0.884. The molecule has 2 aromatic rings. The lowest BCUT2D eigenvalue weighted by Crippen LogP contribution is -2.35. The summed E-state index contributed by atoms with van der Waals surface area (Å²) in [5, 5.41) is 1.24. The number of fused-ring (bicyclic) bond motifs is 3. The Labute approximate surface area is 131 Å². The SMILES string of the molecule is CN1CCC(CN2CCc3c(ccc4[nH]c(C=O)cc34)C2)C1. The number of benzene rings is 1. The number of H-pyrrole nitrogens is 1. The van der Waals surface area contributed by atoms with Gasteiger partial charge in [0.25, 0.3) is 0 Å². The minimum atomic E-state index is 0.680. The van der Waals surface area contributed by atoms with Gasteiger partial charge in [0.05, 0.1) is 5.69 Å². The first-order valence-electron chi connectivity index (χ1n) is 8.22. The number of aromatic nitrogens is 1. The first kappa shape index (κ1) is 14.0. The van der Waals surface area contributed by atoms with Crippen molar-refractivity contribution in [3.05, 3.63) is 35.0 Å². The molecule has 1 N–H and O–H groups in total. The van der Waals surface area contributed by atoms with E-state index in [1.165, 1.54) is 42.6 Å². The molecule has 0 radical (unpaired) electrons. The van der Waals surface area contributed by atoms with Crippen LogP contribution in [0.15, 0.2) is 18.2 Å². The molecule has 4 rings (SSSR count). The number of carbonyl (C=O) groups is 1. The summed E-state index contributed by atoms with van der Waals surface area (Å²) in [5.41, 5.74) is 4.63. The minimum Gasteiger partial charge on any atom is -0.352 e. The summed E-state index contributed by atoms with van der Waals surface area (Å²) >= 11 is 0. The molecule has 0 spiro atoms. The van der Waals surface area contributed by atoms with Crippen LogP contribution in [0.25, 0.3) is 10.9 Å². The van der Waals surface area contributed by atoms with Crippen molar-refractivity contribution in [3.8, 4) is 0 Å². The van der Waals surface area contributed by atoms with Crippen LogP contribution in [0.4, 0.5) is 0 Å². The second kappa shape index (κ2) is 5.52. The molecule has 4 heteroatoms. The van der Waals surface area contributed by atoms with Crippen LogP contribution in [0.3, 0.4) is 0 Å². The molecule has 0 bridgehead atoms. The van der Waals surface area contributed by atoms with E-state index in [9.17, 15) is 4.79 Å². The Balaban J connectivity index is 1.54. The van der Waals surface area contributed by atoms with Gasteiger partial charge < -0.3 is 9.88 Å². The lowest BCUT2D eigenvalue weighted by molar-refractivity contribution is 0.112. The number of aldehydes is 1. The molecule has 1 fully saturated rings. The zero-order valence-electron chi connectivity index (χ0n) is 13.1. The number of nitrogens with zero attached hydrogens (tertiary/aromatic N) is 2. The topological polar surface area (TPSA) is 39.3 Å². The van der Waals surface area contributed by atoms with Gasteiger partial charge in [0.2, 0.25) is 0 Å². The normalized spacial score (nSPS) is 23.0. The van der Waals surface area contributed by atoms with E-state index in [0.717, 1.165) is 37.2 Å². The van der Waals surface area contributed by atoms with Gasteiger partial charge in [0.1, 0.15) is 0 Å². The van der Waals surface area contributed by atoms with Crippen LogP contribution in [0, 0.1) is 5.92 Å². The Kier molecular flexibility index (Phi) is 3.51. The summed E-state index contributed by atoms with van der Waals surface area (Å²) < 4.78 is 0. The lowest BCUT2D eigenvalue weighted by Gasteiger charge is -2.31. The van der Waals surface area contributed by atoms with Gasteiger partial charge in [-0.1, -0.05) is 6.07 Å². The molecule has 2 aliphatic heterocycles. The van der Waals surface area contributed by atoms with Gasteiger partial charge in [-0.25, -0.2) is 0 Å². The van der Waals surface area contributed by atoms with Crippen LogP contribution in [0.2, 0.25) is 0 Å². The molecule has 0 saturated carbocycles. The molecule has 1 atom stereocenters. The van der Waals surface area contributed by atoms with Crippen molar-refractivity contribution in [2.24, 2.45) is 5.92 Å². The highest BCUT2D eigenvalue weighted by atomic mass is 16.1. The molecule has 1 saturated heterocycles. The molecule has 0 amide bonds. The highest BCUT2D eigenvalue weighted by Gasteiger charge is 2.25. The first-order valence-corrected chi connectivity index (χ1v) is 8.22. The molecule has 1 aromatic heterocycles. The first-order chi connectivity index (χ1) is 10.7. The average Bonchev–Trinajstić information content (AvgIpc) is 3.12. The second-order valence-electron chi connectivity index (χ2n) is 6.91. The van der Waals surface area contributed by atoms with Crippen LogP contribution < -0.4 is 0 Å². The fraction of sp³-hybridized carbons (Fsp3) is 0.500. The van der Waals surface area contributed by atoms with Crippen molar-refractivity contribution in [3.63, 3.8) is 0 Å². The summed E-state index contributed by atoms with van der Waals surface area (Å²) in [7, 11) is 2.22. The Morgan fingerprint density at radius 2 is 2.27 bits per heavy atom. The van der Waals surface area contributed by atoms with Gasteiger partial charge in [-0.2, -0.15) is 0 Å². The molecule has 3 heterocycles. The summed E-state index contributed by atoms with van der Waals surface area (Å²) in [6, 6.07) is 6.35. The molecule has 22 heavy (non-hydrogen) atoms. The Hall–Kier alpha value is -1.65. The van der Waals surface area contributed by atoms with Gasteiger partial charge in [-0.3, -0.25) is 9.69 Å². The van der Waals surface area contributed by atoms with Gasteiger partial charge in [-0.15, -0.1) is 0 Å². The molecular weight excluding hydrogens is 274 g/mol. The lowest BCUT2D eigenvalue weighted by atomic mass is 9.95. The Morgan fingerprint density at radius 1 is 1.36 bits per heavy atom. The fourth-order valence-electron chi connectivity index (χ4n) is 4.12. The van der Waals surface area contributed by atoms with Gasteiger partial charge in [-0.05, 0) is 55.6 Å². The van der Waals surface area contributed by atoms with Crippen LogP contribution in [0.5, 0.6) is 0 Å². The molecule has 1 aromatic carbocycles. The van der Waals surface area contributed by atoms with Crippen molar-refractivity contribution >= 4 is 17.2 Å². The summed E-state index contributed by atoms with van der Waals surface area (Å²) in [4.78, 5) is 19.2. The monoisotopic (exact) mass is 297 g/mol. The van der Waals surface area contributed by atoms with Crippen molar-refractivity contribution in [2.75, 3.05) is 33.2 Å². The van der Waals surface area contributed by atoms with Gasteiger partial charge in [0, 0.05) is 37.1 Å². The number of rotatable bonds is 3. The van der Waals surface area contributed by atoms with Crippen LogP contribution in [-0.2, 0) is 13.0 Å². The standard InChI is InChI=1S/C18H23N3O/c1-20-6-4-13(9-20)10-21-7-5-16-14(11-21)2-3-18-17(16)8-15(12-22)19-18/h2-3,8,12-13,19H,4-7,9-11H2,1H3. The van der Waals surface area contributed by atoms with E-state index in [2.05, 4.69) is 34.0 Å². The maximum atomic E-state index is 11.0. The van der Waals surface area contributed by atoms with E-state index in [1.54, 1.807) is 0 Å². The summed E-state index contributed by atoms with van der Waals surface area (Å²) in [6.07, 6.45) is 3.32. The van der Waals surface area contributed by atoms with E-state index < -0.39 is 0 Å². The number of hydrogen-bond donors (Lipinski definition) is 1. The molecule has 2 aliphatic rings. The highest BCUT2D eigenvalue weighted by Crippen LogP contribution is 2.29. The number of carbonyl (C=O) groups excluding carboxylic acids is 1. The van der Waals surface area contributed by atoms with Crippen molar-refractivity contribution in [1.82, 2.24) is 14.8 Å². The number of aromatic amines is 1. The average molecular weight is 297 g/mol. The van der Waals surface area contributed by atoms with Crippen molar-refractivity contribution < 1.29 is 4.79 Å². The zero-order chi connectivity index (χ0) is 15.1. The van der Waals surface area contributed by atoms with E-state index >= 15 is 0 Å². The number of nitrogens with one attached hydrogen (secondary N) is 1.